The molecule has 0 radical (unpaired) electrons. The fourth-order valence-electron chi connectivity index (χ4n) is 3.24. The molecule has 1 aliphatic carbocycles. The van der Waals surface area contributed by atoms with E-state index in [1.54, 1.807) is 0 Å². The lowest BCUT2D eigenvalue weighted by atomic mass is 9.91. The number of nitrogens with zero attached hydrogens (tertiary/aromatic N) is 1. The second-order valence-electron chi connectivity index (χ2n) is 5.96. The molecule has 4 nitrogen and oxygen atoms in total. The summed E-state index contributed by atoms with van der Waals surface area (Å²) in [4.78, 5) is 14.4. The van der Waals surface area contributed by atoms with Crippen molar-refractivity contribution in [3.63, 3.8) is 0 Å². The van der Waals surface area contributed by atoms with Crippen LogP contribution >= 0.6 is 0 Å². The van der Waals surface area contributed by atoms with E-state index < -0.39 is 5.54 Å². The number of benzene rings is 1. The van der Waals surface area contributed by atoms with Crippen LogP contribution in [0.15, 0.2) is 24.3 Å². The van der Waals surface area contributed by atoms with Gasteiger partial charge in [0.15, 0.2) is 0 Å². The third-order valence-electron chi connectivity index (χ3n) is 4.53. The summed E-state index contributed by atoms with van der Waals surface area (Å²) in [5.41, 5.74) is 8.14. The van der Waals surface area contributed by atoms with Gasteiger partial charge in [-0.25, -0.2) is 4.79 Å². The molecule has 0 spiro atoms. The van der Waals surface area contributed by atoms with Gasteiger partial charge in [-0.1, -0.05) is 18.2 Å². The first-order chi connectivity index (χ1) is 9.65. The quantitative estimate of drug-likeness (QED) is 0.849. The summed E-state index contributed by atoms with van der Waals surface area (Å²) >= 11 is 0. The first kappa shape index (κ1) is 13.4. The minimum absolute atomic E-state index is 0.268. The van der Waals surface area contributed by atoms with Crippen molar-refractivity contribution < 1.29 is 9.53 Å². The second kappa shape index (κ2) is 5.09. The van der Waals surface area contributed by atoms with Crippen molar-refractivity contribution in [2.45, 2.75) is 31.2 Å². The number of esters is 1. The fourth-order valence-corrected chi connectivity index (χ4v) is 3.24. The van der Waals surface area contributed by atoms with Crippen molar-refractivity contribution in [1.29, 1.82) is 0 Å². The highest BCUT2D eigenvalue weighted by Gasteiger charge is 2.50. The SMILES string of the molecule is COC(=O)C(N)(CN1CCCc2ccccc21)C1CC1. The third-order valence-corrected chi connectivity index (χ3v) is 4.53. The maximum Gasteiger partial charge on any atom is 0.327 e. The largest absolute Gasteiger partial charge is 0.468 e. The molecule has 2 aliphatic rings. The van der Waals surface area contributed by atoms with E-state index in [-0.39, 0.29) is 11.9 Å². The van der Waals surface area contributed by atoms with Crippen molar-refractivity contribution >= 4 is 11.7 Å². The first-order valence-electron chi connectivity index (χ1n) is 7.35. The highest BCUT2D eigenvalue weighted by molar-refractivity contribution is 5.82. The molecule has 0 bridgehead atoms. The molecular formula is C16H22N2O2. The van der Waals surface area contributed by atoms with Gasteiger partial charge in [0, 0.05) is 18.8 Å². The molecule has 1 fully saturated rings. The van der Waals surface area contributed by atoms with E-state index in [9.17, 15) is 4.79 Å². The number of carbonyl (C=O) groups is 1. The summed E-state index contributed by atoms with van der Waals surface area (Å²) in [5, 5.41) is 0. The molecule has 108 valence electrons. The van der Waals surface area contributed by atoms with Crippen molar-refractivity contribution in [2.24, 2.45) is 11.7 Å². The summed E-state index contributed by atoms with van der Waals surface area (Å²) in [6, 6.07) is 8.40. The molecule has 3 rings (SSSR count). The number of anilines is 1. The summed E-state index contributed by atoms with van der Waals surface area (Å²) in [5.74, 6) is -0.00732. The first-order valence-corrected chi connectivity index (χ1v) is 7.35. The molecule has 0 amide bonds. The van der Waals surface area contributed by atoms with E-state index >= 15 is 0 Å². The lowest BCUT2D eigenvalue weighted by Gasteiger charge is -2.38. The number of para-hydroxylation sites is 1. The molecule has 1 aromatic rings. The van der Waals surface area contributed by atoms with Crippen LogP contribution in [0.3, 0.4) is 0 Å². The summed E-state index contributed by atoms with van der Waals surface area (Å²) in [6.07, 6.45) is 4.27. The lowest BCUT2D eigenvalue weighted by Crippen LogP contribution is -2.59. The van der Waals surface area contributed by atoms with Crippen LogP contribution in [0.2, 0.25) is 0 Å². The van der Waals surface area contributed by atoms with Gasteiger partial charge in [-0.2, -0.15) is 0 Å². The Hall–Kier alpha value is -1.55. The molecule has 4 heteroatoms. The zero-order chi connectivity index (χ0) is 14.2. The molecule has 0 saturated heterocycles. The number of nitrogens with two attached hydrogens (primary N) is 1. The van der Waals surface area contributed by atoms with E-state index in [0.717, 1.165) is 32.2 Å². The number of hydrogen-bond acceptors (Lipinski definition) is 4. The van der Waals surface area contributed by atoms with Gasteiger partial charge in [-0.15, -0.1) is 0 Å². The molecule has 0 aromatic heterocycles. The number of aryl methyl sites for hydroxylation is 1. The van der Waals surface area contributed by atoms with Crippen LogP contribution in [-0.4, -0.2) is 31.7 Å². The normalized spacial score (nSPS) is 21.0. The summed E-state index contributed by atoms with van der Waals surface area (Å²) in [7, 11) is 1.43. The molecule has 1 unspecified atom stereocenters. The number of fused-ring (bicyclic) bond motifs is 1. The molecular weight excluding hydrogens is 252 g/mol. The van der Waals surface area contributed by atoms with Crippen LogP contribution < -0.4 is 10.6 Å². The predicted octanol–water partition coefficient (Wildman–Crippen LogP) is 1.72. The van der Waals surface area contributed by atoms with Gasteiger partial charge in [0.05, 0.1) is 7.11 Å². The average Bonchev–Trinajstić information content (AvgIpc) is 3.31. The van der Waals surface area contributed by atoms with Crippen molar-refractivity contribution in [1.82, 2.24) is 0 Å². The Balaban J connectivity index is 1.85. The molecule has 1 atom stereocenters. The molecule has 1 saturated carbocycles. The predicted molar refractivity (Wildman–Crippen MR) is 78.6 cm³/mol. The van der Waals surface area contributed by atoms with Crippen LogP contribution in [0, 0.1) is 5.92 Å². The maximum atomic E-state index is 12.1. The van der Waals surface area contributed by atoms with Gasteiger partial charge < -0.3 is 15.4 Å². The third kappa shape index (κ3) is 2.29. The van der Waals surface area contributed by atoms with Gasteiger partial charge in [0.2, 0.25) is 0 Å². The maximum absolute atomic E-state index is 12.1. The molecule has 1 heterocycles. The van der Waals surface area contributed by atoms with Crippen LogP contribution in [0.5, 0.6) is 0 Å². The van der Waals surface area contributed by atoms with Crippen molar-refractivity contribution in [3.8, 4) is 0 Å². The van der Waals surface area contributed by atoms with E-state index in [4.69, 9.17) is 10.5 Å². The number of carbonyl (C=O) groups excluding carboxylic acids is 1. The lowest BCUT2D eigenvalue weighted by molar-refractivity contribution is -0.147. The van der Waals surface area contributed by atoms with E-state index in [1.165, 1.54) is 18.4 Å². The second-order valence-corrected chi connectivity index (χ2v) is 5.96. The van der Waals surface area contributed by atoms with Gasteiger partial charge in [0.1, 0.15) is 5.54 Å². The molecule has 1 aromatic carbocycles. The van der Waals surface area contributed by atoms with E-state index in [0.29, 0.717) is 6.54 Å². The van der Waals surface area contributed by atoms with Crippen LogP contribution in [-0.2, 0) is 16.0 Å². The van der Waals surface area contributed by atoms with Gasteiger partial charge >= 0.3 is 5.97 Å². The van der Waals surface area contributed by atoms with Gasteiger partial charge in [0.25, 0.3) is 0 Å². The molecule has 1 aliphatic heterocycles. The van der Waals surface area contributed by atoms with Crippen molar-refractivity contribution in [2.75, 3.05) is 25.1 Å². The zero-order valence-corrected chi connectivity index (χ0v) is 12.0. The minimum atomic E-state index is -0.862. The fraction of sp³-hybridized carbons (Fsp3) is 0.562. The van der Waals surface area contributed by atoms with Gasteiger partial charge in [-0.05, 0) is 43.2 Å². The molecule has 20 heavy (non-hydrogen) atoms. The Morgan fingerprint density at radius 1 is 1.45 bits per heavy atom. The minimum Gasteiger partial charge on any atom is -0.468 e. The highest BCUT2D eigenvalue weighted by atomic mass is 16.5. The van der Waals surface area contributed by atoms with Crippen LogP contribution in [0.4, 0.5) is 5.69 Å². The van der Waals surface area contributed by atoms with Crippen LogP contribution in [0.1, 0.15) is 24.8 Å². The van der Waals surface area contributed by atoms with E-state index in [1.807, 2.05) is 6.07 Å². The summed E-state index contributed by atoms with van der Waals surface area (Å²) in [6.45, 7) is 1.51. The monoisotopic (exact) mass is 274 g/mol. The van der Waals surface area contributed by atoms with E-state index in [2.05, 4.69) is 23.1 Å². The van der Waals surface area contributed by atoms with Crippen LogP contribution in [0.25, 0.3) is 0 Å². The van der Waals surface area contributed by atoms with Gasteiger partial charge in [-0.3, -0.25) is 0 Å². The Bertz CT molecular complexity index is 513. The highest BCUT2D eigenvalue weighted by Crippen LogP contribution is 2.40. The Morgan fingerprint density at radius 3 is 2.90 bits per heavy atom. The number of rotatable bonds is 4. The number of ether oxygens (including phenoxy) is 1. The standard InChI is InChI=1S/C16H22N2O2/c1-20-15(19)16(17,13-8-9-13)11-18-10-4-6-12-5-2-3-7-14(12)18/h2-3,5,7,13H,4,6,8-11,17H2,1H3. The Morgan fingerprint density at radius 2 is 2.20 bits per heavy atom. The summed E-state index contributed by atoms with van der Waals surface area (Å²) < 4.78 is 4.96. The van der Waals surface area contributed by atoms with Crippen molar-refractivity contribution in [3.05, 3.63) is 29.8 Å². The smallest absolute Gasteiger partial charge is 0.327 e. The number of hydrogen-bond donors (Lipinski definition) is 1. The Labute approximate surface area is 119 Å². The topological polar surface area (TPSA) is 55.6 Å². The zero-order valence-electron chi connectivity index (χ0n) is 12.0. The number of methoxy groups -OCH3 is 1. The molecule has 2 N–H and O–H groups in total. The average molecular weight is 274 g/mol. The Kier molecular flexibility index (Phi) is 3.42.